The van der Waals surface area contributed by atoms with E-state index in [9.17, 15) is 28.0 Å². The Bertz CT molecular complexity index is 1630. The lowest BCUT2D eigenvalue weighted by Gasteiger charge is -2.05. The van der Waals surface area contributed by atoms with Gasteiger partial charge in [-0.3, -0.25) is 37.5 Å². The summed E-state index contributed by atoms with van der Waals surface area (Å²) in [7, 11) is 0. The third kappa shape index (κ3) is 6.25. The van der Waals surface area contributed by atoms with Gasteiger partial charge in [-0.15, -0.1) is 6.58 Å². The molecule has 0 amide bonds. The van der Waals surface area contributed by atoms with E-state index in [1.165, 1.54) is 13.7 Å². The number of fused-ring (bicyclic) bond motifs is 2. The zero-order valence-corrected chi connectivity index (χ0v) is 21.0. The summed E-state index contributed by atoms with van der Waals surface area (Å²) >= 11 is 11.6. The highest BCUT2D eigenvalue weighted by atomic mass is 35.5. The molecule has 0 fully saturated rings. The van der Waals surface area contributed by atoms with Gasteiger partial charge in [0.15, 0.2) is 22.3 Å². The number of hydrogen-bond donors (Lipinski definition) is 3. The minimum Gasteiger partial charge on any atom is -0.323 e. The highest BCUT2D eigenvalue weighted by molar-refractivity contribution is 6.29. The largest absolute Gasteiger partial charge is 0.330 e. The fourth-order valence-corrected chi connectivity index (χ4v) is 4.01. The van der Waals surface area contributed by atoms with Crippen LogP contribution >= 0.6 is 23.2 Å². The number of unbranched alkanes of at least 4 members (excludes halogenated alkanes) is 2. The van der Waals surface area contributed by atoms with Crippen molar-refractivity contribution in [2.45, 2.75) is 45.3 Å². The van der Waals surface area contributed by atoms with Crippen LogP contribution in [0.1, 0.15) is 25.7 Å². The molecule has 0 saturated carbocycles. The first-order chi connectivity index (χ1) is 17.7. The van der Waals surface area contributed by atoms with Crippen LogP contribution in [0, 0.1) is 0 Å². The van der Waals surface area contributed by atoms with E-state index in [0.29, 0.717) is 32.2 Å². The van der Waals surface area contributed by atoms with Crippen LogP contribution in [0.5, 0.6) is 0 Å². The number of alkyl halides is 2. The molecule has 200 valence electrons. The maximum atomic E-state index is 12.1. The van der Waals surface area contributed by atoms with Gasteiger partial charge in [-0.2, -0.15) is 9.97 Å². The van der Waals surface area contributed by atoms with Gasteiger partial charge in [-0.05, 0) is 48.9 Å². The topological polar surface area (TPSA) is 156 Å². The first kappa shape index (κ1) is 28.1. The van der Waals surface area contributed by atoms with Crippen LogP contribution in [-0.2, 0) is 19.6 Å². The van der Waals surface area contributed by atoms with Gasteiger partial charge in [-0.1, -0.05) is 6.08 Å². The quantitative estimate of drug-likeness (QED) is 0.153. The Morgan fingerprint density at radius 3 is 1.92 bits per heavy atom. The summed E-state index contributed by atoms with van der Waals surface area (Å²) < 4.78 is 28.2. The van der Waals surface area contributed by atoms with Gasteiger partial charge in [0.05, 0.1) is 13.3 Å². The molecule has 0 aliphatic rings. The lowest BCUT2D eigenvalue weighted by Crippen LogP contribution is -2.31. The molecule has 0 radical (unpaired) electrons. The number of rotatable bonds is 10. The maximum Gasteiger partial charge on any atom is 0.330 e. The number of aromatic nitrogens is 8. The van der Waals surface area contributed by atoms with Crippen molar-refractivity contribution in [3.8, 4) is 0 Å². The van der Waals surface area contributed by atoms with Crippen molar-refractivity contribution in [3.05, 3.63) is 64.9 Å². The van der Waals surface area contributed by atoms with Gasteiger partial charge in [0.2, 0.25) is 10.6 Å². The summed E-state index contributed by atoms with van der Waals surface area (Å²) in [6.07, 6.45) is 3.23. The molecule has 3 N–H and O–H groups in total. The van der Waals surface area contributed by atoms with Crippen molar-refractivity contribution in [2.75, 3.05) is 13.3 Å². The Morgan fingerprint density at radius 2 is 1.35 bits per heavy atom. The molecule has 12 nitrogen and oxygen atoms in total. The maximum absolute atomic E-state index is 12.1. The van der Waals surface area contributed by atoms with Crippen LogP contribution in [0.4, 0.5) is 8.78 Å². The molecule has 4 aromatic heterocycles. The molecule has 37 heavy (non-hydrogen) atoms. The Kier molecular flexibility index (Phi) is 9.58. The van der Waals surface area contributed by atoms with E-state index in [1.54, 1.807) is 6.08 Å². The molecule has 0 aromatic carbocycles. The highest BCUT2D eigenvalue weighted by Gasteiger charge is 2.16. The second-order valence-electron chi connectivity index (χ2n) is 7.79. The normalized spacial score (nSPS) is 11.1. The number of nitrogens with zero attached hydrogens (tertiary/aromatic N) is 5. The van der Waals surface area contributed by atoms with E-state index >= 15 is 0 Å². The molecule has 0 saturated heterocycles. The third-order valence-corrected chi connectivity index (χ3v) is 5.75. The van der Waals surface area contributed by atoms with Gasteiger partial charge in [0.1, 0.15) is 0 Å². The third-order valence-electron chi connectivity index (χ3n) is 5.29. The van der Waals surface area contributed by atoms with E-state index in [0.717, 1.165) is 0 Å². The molecule has 0 unspecified atom stereocenters. The van der Waals surface area contributed by atoms with Crippen LogP contribution < -0.4 is 22.5 Å². The minimum absolute atomic E-state index is 0.0374. The summed E-state index contributed by atoms with van der Waals surface area (Å²) in [5, 5.41) is 0.144. The Hall–Kier alpha value is -3.52. The zero-order chi connectivity index (χ0) is 27.1. The fraction of sp³-hybridized carbons (Fsp3) is 0.429. The van der Waals surface area contributed by atoms with E-state index in [1.807, 2.05) is 0 Å². The Morgan fingerprint density at radius 1 is 0.784 bits per heavy atom. The molecule has 0 atom stereocenters. The molecule has 0 bridgehead atoms. The van der Waals surface area contributed by atoms with Crippen LogP contribution in [0.25, 0.3) is 22.3 Å². The van der Waals surface area contributed by atoms with Gasteiger partial charge >= 0.3 is 11.4 Å². The molecule has 4 aromatic rings. The van der Waals surface area contributed by atoms with Crippen molar-refractivity contribution in [3.63, 3.8) is 0 Å². The van der Waals surface area contributed by atoms with Crippen LogP contribution in [-0.4, -0.2) is 52.0 Å². The van der Waals surface area contributed by atoms with Gasteiger partial charge in [0.25, 0.3) is 11.1 Å². The lowest BCUT2D eigenvalue weighted by atomic mass is 10.3. The fourth-order valence-electron chi connectivity index (χ4n) is 3.60. The first-order valence-electron chi connectivity index (χ1n) is 11.2. The molecule has 4 heterocycles. The number of H-pyrrole nitrogens is 3. The van der Waals surface area contributed by atoms with Crippen molar-refractivity contribution in [1.82, 2.24) is 38.6 Å². The van der Waals surface area contributed by atoms with E-state index < -0.39 is 35.8 Å². The van der Waals surface area contributed by atoms with Crippen molar-refractivity contribution >= 4 is 45.5 Å². The molecular weight excluding hydrogens is 537 g/mol. The Balaban J connectivity index is 0.000000208. The average molecular weight is 561 g/mol. The van der Waals surface area contributed by atoms with Crippen LogP contribution in [0.2, 0.25) is 10.6 Å². The SMILES string of the molecule is C=CCn1c(Cl)nc2c1c(=O)[nH]c(=O)n2CCCCF.O=c1[nH]c(=O)n(CCCCF)c2nc(Cl)[nH]c12. The number of nitrogens with one attached hydrogen (secondary N) is 3. The van der Waals surface area contributed by atoms with Gasteiger partial charge < -0.3 is 9.55 Å². The van der Waals surface area contributed by atoms with Crippen LogP contribution in [0.15, 0.2) is 31.8 Å². The van der Waals surface area contributed by atoms with Crippen molar-refractivity contribution < 1.29 is 8.78 Å². The zero-order valence-electron chi connectivity index (χ0n) is 19.5. The monoisotopic (exact) mass is 560 g/mol. The molecule has 0 aliphatic carbocycles. The predicted molar refractivity (Wildman–Crippen MR) is 136 cm³/mol. The van der Waals surface area contributed by atoms with E-state index in [-0.39, 0.29) is 46.0 Å². The summed E-state index contributed by atoms with van der Waals surface area (Å²) in [5.74, 6) is 0. The average Bonchev–Trinajstić information content (AvgIpc) is 3.39. The molecule has 4 rings (SSSR count). The molecule has 0 spiro atoms. The number of halogens is 4. The number of aryl methyl sites for hydroxylation is 2. The molecular formula is C21H24Cl2F2N8O4. The van der Waals surface area contributed by atoms with Crippen LogP contribution in [0.3, 0.4) is 0 Å². The van der Waals surface area contributed by atoms with E-state index in [2.05, 4.69) is 31.5 Å². The lowest BCUT2D eigenvalue weighted by molar-refractivity contribution is 0.446. The van der Waals surface area contributed by atoms with Crippen molar-refractivity contribution in [1.29, 1.82) is 0 Å². The number of imidazole rings is 2. The van der Waals surface area contributed by atoms with Crippen molar-refractivity contribution in [2.24, 2.45) is 0 Å². The number of allylic oxidation sites excluding steroid dienone is 1. The number of aromatic amines is 3. The minimum atomic E-state index is -0.568. The summed E-state index contributed by atoms with van der Waals surface area (Å²) in [4.78, 5) is 61.6. The summed E-state index contributed by atoms with van der Waals surface area (Å²) in [6, 6.07) is 0. The number of hydrogen-bond acceptors (Lipinski definition) is 6. The smallest absolute Gasteiger partial charge is 0.323 e. The van der Waals surface area contributed by atoms with Gasteiger partial charge in [0, 0.05) is 19.6 Å². The summed E-state index contributed by atoms with van der Waals surface area (Å²) in [5.41, 5.74) is -1.47. The standard InChI is InChI=1S/C12H14ClFN4O2.C9H10ClFN4O2/c1-2-6-17-8-9(15-11(17)13)18(7-4-3-5-14)12(20)16-10(8)19;10-8-12-5-6(13-8)15(4-2-1-3-11)9(17)14-7(5)16/h2H,1,3-7H2,(H,16,19,20);1-4H2,(H,12,13)(H,14,16,17). The first-order valence-corrected chi connectivity index (χ1v) is 12.0. The predicted octanol–water partition coefficient (Wildman–Crippen LogP) is 2.29. The summed E-state index contributed by atoms with van der Waals surface area (Å²) in [6.45, 7) is 3.56. The van der Waals surface area contributed by atoms with Gasteiger partial charge in [-0.25, -0.2) is 9.59 Å². The highest BCUT2D eigenvalue weighted by Crippen LogP contribution is 2.16. The molecule has 0 aliphatic heterocycles. The second-order valence-corrected chi connectivity index (χ2v) is 8.49. The van der Waals surface area contributed by atoms with E-state index in [4.69, 9.17) is 23.2 Å². The second kappa shape index (κ2) is 12.6. The Labute approximate surface area is 216 Å². The molecule has 16 heteroatoms.